The molecule has 2 rings (SSSR count). The molecule has 0 aliphatic carbocycles. The zero-order valence-corrected chi connectivity index (χ0v) is 13.8. The quantitative estimate of drug-likeness (QED) is 0.673. The molecule has 0 aliphatic rings. The second kappa shape index (κ2) is 7.11. The average molecular weight is 305 g/mol. The second-order valence-corrected chi connectivity index (χ2v) is 5.41. The van der Waals surface area contributed by atoms with Gasteiger partial charge in [0.05, 0.1) is 12.2 Å². The Morgan fingerprint density at radius 1 is 1.41 bits per heavy atom. The monoisotopic (exact) mass is 305 g/mol. The van der Waals surface area contributed by atoms with Crippen molar-refractivity contribution in [3.05, 3.63) is 35.0 Å². The van der Waals surface area contributed by atoms with Gasteiger partial charge >= 0.3 is 0 Å². The Labute approximate surface area is 130 Å². The third kappa shape index (κ3) is 3.66. The van der Waals surface area contributed by atoms with Crippen molar-refractivity contribution in [2.24, 2.45) is 4.99 Å². The van der Waals surface area contributed by atoms with Crippen molar-refractivity contribution in [2.45, 2.75) is 33.2 Å². The van der Waals surface area contributed by atoms with Gasteiger partial charge in [0, 0.05) is 38.2 Å². The van der Waals surface area contributed by atoms with Crippen LogP contribution < -0.4 is 5.32 Å². The molecule has 0 saturated heterocycles. The summed E-state index contributed by atoms with van der Waals surface area (Å²) in [6.45, 7) is 7.43. The highest BCUT2D eigenvalue weighted by Gasteiger charge is 2.17. The van der Waals surface area contributed by atoms with E-state index in [1.54, 1.807) is 13.3 Å². The molecule has 120 valence electrons. The number of rotatable bonds is 5. The molecule has 1 N–H and O–H groups in total. The van der Waals surface area contributed by atoms with Gasteiger partial charge in [-0.3, -0.25) is 4.99 Å². The highest BCUT2D eigenvalue weighted by atomic mass is 16.5. The molecule has 1 atom stereocenters. The second-order valence-electron chi connectivity index (χ2n) is 5.41. The van der Waals surface area contributed by atoms with Crippen molar-refractivity contribution in [3.8, 4) is 0 Å². The lowest BCUT2D eigenvalue weighted by Crippen LogP contribution is -2.40. The van der Waals surface area contributed by atoms with Gasteiger partial charge in [0.1, 0.15) is 17.7 Å². The predicted octanol–water partition coefficient (Wildman–Crippen LogP) is 2.09. The first-order chi connectivity index (χ1) is 10.5. The largest absolute Gasteiger partial charge is 0.364 e. The number of hydrogen-bond acceptors (Lipinski definition) is 5. The topological polar surface area (TPSA) is 79.7 Å². The minimum atomic E-state index is 0.281. The third-order valence-corrected chi connectivity index (χ3v) is 3.61. The molecule has 22 heavy (non-hydrogen) atoms. The number of nitrogens with zero attached hydrogens (tertiary/aromatic N) is 4. The van der Waals surface area contributed by atoms with Gasteiger partial charge < -0.3 is 19.3 Å². The van der Waals surface area contributed by atoms with Crippen molar-refractivity contribution < 1.29 is 9.05 Å². The molecule has 0 amide bonds. The molecule has 0 spiro atoms. The van der Waals surface area contributed by atoms with E-state index in [4.69, 9.17) is 9.05 Å². The fourth-order valence-corrected chi connectivity index (χ4v) is 2.56. The number of aromatic nitrogens is 2. The van der Waals surface area contributed by atoms with Gasteiger partial charge in [0.15, 0.2) is 5.96 Å². The maximum Gasteiger partial charge on any atom is 0.193 e. The van der Waals surface area contributed by atoms with E-state index < -0.39 is 0 Å². The van der Waals surface area contributed by atoms with Crippen LogP contribution >= 0.6 is 0 Å². The van der Waals surface area contributed by atoms with Gasteiger partial charge in [0.25, 0.3) is 0 Å². The first-order valence-electron chi connectivity index (χ1n) is 7.26. The van der Waals surface area contributed by atoms with Crippen molar-refractivity contribution in [1.82, 2.24) is 20.5 Å². The van der Waals surface area contributed by atoms with E-state index in [1.807, 2.05) is 31.9 Å². The predicted molar refractivity (Wildman–Crippen MR) is 83.7 cm³/mol. The Morgan fingerprint density at radius 3 is 2.73 bits per heavy atom. The van der Waals surface area contributed by atoms with E-state index in [1.165, 1.54) is 0 Å². The summed E-state index contributed by atoms with van der Waals surface area (Å²) in [6, 6.07) is 1.84. The van der Waals surface area contributed by atoms with E-state index >= 15 is 0 Å². The molecule has 0 radical (unpaired) electrons. The lowest BCUT2D eigenvalue weighted by molar-refractivity contribution is 0.389. The summed E-state index contributed by atoms with van der Waals surface area (Å²) >= 11 is 0. The highest BCUT2D eigenvalue weighted by Crippen LogP contribution is 2.22. The van der Waals surface area contributed by atoms with Crippen LogP contribution in [0.4, 0.5) is 0 Å². The van der Waals surface area contributed by atoms with Gasteiger partial charge in [-0.2, -0.15) is 0 Å². The van der Waals surface area contributed by atoms with Crippen LogP contribution in [-0.4, -0.2) is 41.8 Å². The summed E-state index contributed by atoms with van der Waals surface area (Å²) in [6.07, 6.45) is 1.57. The molecule has 7 heteroatoms. The number of hydrogen-bond donors (Lipinski definition) is 1. The summed E-state index contributed by atoms with van der Waals surface area (Å²) in [5.41, 5.74) is 2.96. The summed E-state index contributed by atoms with van der Waals surface area (Å²) in [7, 11) is 3.73. The van der Waals surface area contributed by atoms with Crippen LogP contribution in [0.1, 0.15) is 35.6 Å². The van der Waals surface area contributed by atoms with Crippen LogP contribution in [0.3, 0.4) is 0 Å². The van der Waals surface area contributed by atoms with Gasteiger partial charge in [-0.1, -0.05) is 17.2 Å². The fraction of sp³-hybridized carbons (Fsp3) is 0.533. The highest BCUT2D eigenvalue weighted by molar-refractivity contribution is 5.79. The van der Waals surface area contributed by atoms with Crippen LogP contribution in [0.15, 0.2) is 26.4 Å². The Hall–Kier alpha value is -2.31. The molecular weight excluding hydrogens is 282 g/mol. The molecular formula is C15H23N5O2. The summed E-state index contributed by atoms with van der Waals surface area (Å²) in [5, 5.41) is 11.3. The Kier molecular flexibility index (Phi) is 5.19. The SMILES string of the molecule is CN=C(NCC(C)c1c(C)noc1C)N(C)Cc1ccon1. The lowest BCUT2D eigenvalue weighted by atomic mass is 10.00. The van der Waals surface area contributed by atoms with E-state index in [9.17, 15) is 0 Å². The van der Waals surface area contributed by atoms with Gasteiger partial charge in [-0.05, 0) is 13.8 Å². The average Bonchev–Trinajstić information content (AvgIpc) is 3.09. The summed E-state index contributed by atoms with van der Waals surface area (Å²) in [5.74, 6) is 1.96. The smallest absolute Gasteiger partial charge is 0.193 e. The molecule has 0 saturated carbocycles. The summed E-state index contributed by atoms with van der Waals surface area (Å²) in [4.78, 5) is 6.30. The van der Waals surface area contributed by atoms with Crippen molar-refractivity contribution in [2.75, 3.05) is 20.6 Å². The molecule has 2 aromatic heterocycles. The molecule has 1 unspecified atom stereocenters. The Bertz CT molecular complexity index is 598. The van der Waals surface area contributed by atoms with E-state index in [0.29, 0.717) is 6.54 Å². The van der Waals surface area contributed by atoms with Crippen LogP contribution in [0.2, 0.25) is 0 Å². The van der Waals surface area contributed by atoms with Gasteiger partial charge in [-0.25, -0.2) is 0 Å². The molecule has 2 heterocycles. The van der Waals surface area contributed by atoms with Crippen LogP contribution in [0, 0.1) is 13.8 Å². The first-order valence-corrected chi connectivity index (χ1v) is 7.26. The van der Waals surface area contributed by atoms with E-state index in [-0.39, 0.29) is 5.92 Å². The van der Waals surface area contributed by atoms with Crippen molar-refractivity contribution >= 4 is 5.96 Å². The van der Waals surface area contributed by atoms with Gasteiger partial charge in [-0.15, -0.1) is 0 Å². The van der Waals surface area contributed by atoms with E-state index in [2.05, 4.69) is 27.5 Å². The van der Waals surface area contributed by atoms with Crippen molar-refractivity contribution in [1.29, 1.82) is 0 Å². The third-order valence-electron chi connectivity index (χ3n) is 3.61. The molecule has 0 bridgehead atoms. The zero-order chi connectivity index (χ0) is 16.1. The number of aliphatic imine (C=N–C) groups is 1. The molecule has 0 fully saturated rings. The zero-order valence-electron chi connectivity index (χ0n) is 13.8. The standard InChI is InChI=1S/C15H23N5O2/c1-10(14-11(2)18-22-12(14)3)8-17-15(16-4)20(5)9-13-6-7-21-19-13/h6-7,10H,8-9H2,1-5H3,(H,16,17). The van der Waals surface area contributed by atoms with Gasteiger partial charge in [0.2, 0.25) is 0 Å². The minimum absolute atomic E-state index is 0.281. The normalized spacial score (nSPS) is 13.2. The minimum Gasteiger partial charge on any atom is -0.364 e. The Balaban J connectivity index is 1.93. The lowest BCUT2D eigenvalue weighted by Gasteiger charge is -2.22. The number of aryl methyl sites for hydroxylation is 2. The molecule has 2 aromatic rings. The molecule has 0 aromatic carbocycles. The maximum atomic E-state index is 5.23. The number of nitrogens with one attached hydrogen (secondary N) is 1. The van der Waals surface area contributed by atoms with Crippen molar-refractivity contribution in [3.63, 3.8) is 0 Å². The fourth-order valence-electron chi connectivity index (χ4n) is 2.56. The summed E-state index contributed by atoms with van der Waals surface area (Å²) < 4.78 is 10.1. The molecule has 7 nitrogen and oxygen atoms in total. The molecule has 0 aliphatic heterocycles. The van der Waals surface area contributed by atoms with Crippen LogP contribution in [0.5, 0.6) is 0 Å². The van der Waals surface area contributed by atoms with Crippen LogP contribution in [0.25, 0.3) is 0 Å². The Morgan fingerprint density at radius 2 is 2.18 bits per heavy atom. The van der Waals surface area contributed by atoms with Crippen LogP contribution in [-0.2, 0) is 6.54 Å². The maximum absolute atomic E-state index is 5.23. The number of guanidine groups is 1. The van der Waals surface area contributed by atoms with E-state index in [0.717, 1.165) is 35.2 Å². The first kappa shape index (κ1) is 16.1.